The number of amides is 1. The number of pyridine rings is 1. The Bertz CT molecular complexity index is 1520. The van der Waals surface area contributed by atoms with Crippen molar-refractivity contribution in [2.45, 2.75) is 18.9 Å². The number of aromatic amines is 1. The number of carbonyl (C=O) groups excluding carboxylic acids is 1. The molecule has 180 valence electrons. The fraction of sp³-hybridized carbons (Fsp3) is 0.185. The van der Waals surface area contributed by atoms with Gasteiger partial charge in [-0.25, -0.2) is 9.97 Å². The van der Waals surface area contributed by atoms with Crippen molar-refractivity contribution in [3.05, 3.63) is 73.4 Å². The molecule has 1 amide bonds. The molecule has 1 saturated heterocycles. The standard InChI is InChI=1S/C27H24N6O3/c1-2-23(34)33-15-5-6-18(16-33)29-26-24-22(13-14-28-25(24)31-32-26)35-19-11-9-17(10-12-19)27-30-20-7-3-4-8-21(20)36-27/h2-4,7-14,18H,1,5-6,15-16H2,(H2,28,29,31,32)/t18-/m1/s1. The average Bonchev–Trinajstić information content (AvgIpc) is 3.54. The van der Waals surface area contributed by atoms with E-state index in [0.29, 0.717) is 35.4 Å². The van der Waals surface area contributed by atoms with E-state index < -0.39 is 0 Å². The molecule has 0 bridgehead atoms. The predicted molar refractivity (Wildman–Crippen MR) is 137 cm³/mol. The molecule has 36 heavy (non-hydrogen) atoms. The highest BCUT2D eigenvalue weighted by Gasteiger charge is 2.24. The Hall–Kier alpha value is -4.66. The van der Waals surface area contributed by atoms with E-state index in [0.717, 1.165) is 41.4 Å². The van der Waals surface area contributed by atoms with Gasteiger partial charge in [-0.15, -0.1) is 0 Å². The first kappa shape index (κ1) is 21.8. The minimum absolute atomic E-state index is 0.0552. The lowest BCUT2D eigenvalue weighted by molar-refractivity contribution is -0.127. The van der Waals surface area contributed by atoms with Crippen LogP contribution in [0.25, 0.3) is 33.6 Å². The maximum atomic E-state index is 12.1. The lowest BCUT2D eigenvalue weighted by atomic mass is 10.1. The van der Waals surface area contributed by atoms with Crippen molar-refractivity contribution in [1.82, 2.24) is 25.1 Å². The SMILES string of the molecule is C=CC(=O)N1CCC[C@@H](Nc2n[nH]c3nccc(Oc4ccc(-c5nc6ccccc6o5)cc4)c23)C1. The van der Waals surface area contributed by atoms with Crippen LogP contribution in [-0.2, 0) is 4.79 Å². The first-order chi connectivity index (χ1) is 17.7. The molecule has 0 aliphatic carbocycles. The third-order valence-corrected chi connectivity index (χ3v) is 6.29. The molecule has 1 fully saturated rings. The predicted octanol–water partition coefficient (Wildman–Crippen LogP) is 5.15. The zero-order valence-corrected chi connectivity index (χ0v) is 19.5. The number of hydrogen-bond donors (Lipinski definition) is 2. The highest BCUT2D eigenvalue weighted by Crippen LogP contribution is 2.34. The molecule has 0 unspecified atom stereocenters. The van der Waals surface area contributed by atoms with Gasteiger partial charge in [0.1, 0.15) is 22.4 Å². The topological polar surface area (TPSA) is 109 Å². The third-order valence-electron chi connectivity index (χ3n) is 6.29. The zero-order chi connectivity index (χ0) is 24.5. The van der Waals surface area contributed by atoms with Crippen molar-refractivity contribution in [2.24, 2.45) is 0 Å². The molecule has 2 N–H and O–H groups in total. The molecule has 0 saturated carbocycles. The summed E-state index contributed by atoms with van der Waals surface area (Å²) in [7, 11) is 0. The Labute approximate surface area is 206 Å². The number of H-pyrrole nitrogens is 1. The van der Waals surface area contributed by atoms with Crippen LogP contribution >= 0.6 is 0 Å². The molecule has 0 radical (unpaired) electrons. The number of aromatic nitrogens is 4. The largest absolute Gasteiger partial charge is 0.456 e. The summed E-state index contributed by atoms with van der Waals surface area (Å²) in [6, 6.07) is 17.2. The van der Waals surface area contributed by atoms with Crippen LogP contribution in [0.3, 0.4) is 0 Å². The van der Waals surface area contributed by atoms with E-state index in [2.05, 4.69) is 32.1 Å². The lowest BCUT2D eigenvalue weighted by Gasteiger charge is -2.32. The Morgan fingerprint density at radius 3 is 2.89 bits per heavy atom. The maximum absolute atomic E-state index is 12.1. The van der Waals surface area contributed by atoms with Gasteiger partial charge in [0.15, 0.2) is 17.0 Å². The van der Waals surface area contributed by atoms with E-state index in [-0.39, 0.29) is 11.9 Å². The molecule has 6 rings (SSSR count). The second-order valence-corrected chi connectivity index (χ2v) is 8.69. The van der Waals surface area contributed by atoms with E-state index in [1.807, 2.05) is 54.6 Å². The number of piperidine rings is 1. The van der Waals surface area contributed by atoms with E-state index in [4.69, 9.17) is 9.15 Å². The van der Waals surface area contributed by atoms with Crippen molar-refractivity contribution >= 4 is 33.9 Å². The van der Waals surface area contributed by atoms with Crippen LogP contribution in [0.1, 0.15) is 12.8 Å². The van der Waals surface area contributed by atoms with E-state index >= 15 is 0 Å². The van der Waals surface area contributed by atoms with E-state index in [1.54, 1.807) is 11.1 Å². The number of rotatable bonds is 6. The van der Waals surface area contributed by atoms with Gasteiger partial charge in [-0.1, -0.05) is 18.7 Å². The molecule has 9 heteroatoms. The number of likely N-dealkylation sites (tertiary alicyclic amines) is 1. The Morgan fingerprint density at radius 1 is 1.19 bits per heavy atom. The van der Waals surface area contributed by atoms with Crippen LogP contribution in [0.15, 0.2) is 77.9 Å². The van der Waals surface area contributed by atoms with E-state index in [9.17, 15) is 4.79 Å². The van der Waals surface area contributed by atoms with Crippen molar-refractivity contribution in [1.29, 1.82) is 0 Å². The van der Waals surface area contributed by atoms with Gasteiger partial charge >= 0.3 is 0 Å². The summed E-state index contributed by atoms with van der Waals surface area (Å²) in [6.45, 7) is 4.93. The van der Waals surface area contributed by atoms with Crippen LogP contribution in [0.5, 0.6) is 11.5 Å². The van der Waals surface area contributed by atoms with Crippen molar-refractivity contribution in [2.75, 3.05) is 18.4 Å². The second kappa shape index (κ2) is 9.18. The van der Waals surface area contributed by atoms with Gasteiger partial charge in [0.2, 0.25) is 11.8 Å². The molecule has 2 aromatic carbocycles. The number of oxazole rings is 1. The Morgan fingerprint density at radius 2 is 2.06 bits per heavy atom. The van der Waals surface area contributed by atoms with Crippen LogP contribution in [0, 0.1) is 0 Å². The molecule has 5 aromatic rings. The average molecular weight is 481 g/mol. The number of fused-ring (bicyclic) bond motifs is 2. The molecule has 9 nitrogen and oxygen atoms in total. The number of hydrogen-bond acceptors (Lipinski definition) is 7. The Kier molecular flexibility index (Phi) is 5.57. The first-order valence-corrected chi connectivity index (χ1v) is 11.8. The van der Waals surface area contributed by atoms with Gasteiger partial charge in [0.25, 0.3) is 0 Å². The molecule has 0 spiro atoms. The van der Waals surface area contributed by atoms with Gasteiger partial charge in [0.05, 0.1) is 0 Å². The summed E-state index contributed by atoms with van der Waals surface area (Å²) in [4.78, 5) is 22.8. The number of nitrogens with zero attached hydrogens (tertiary/aromatic N) is 4. The molecule has 4 heterocycles. The molecular weight excluding hydrogens is 456 g/mol. The molecule has 1 aliphatic rings. The number of para-hydroxylation sites is 2. The highest BCUT2D eigenvalue weighted by atomic mass is 16.5. The number of nitrogens with one attached hydrogen (secondary N) is 2. The van der Waals surface area contributed by atoms with Crippen LogP contribution in [-0.4, -0.2) is 50.1 Å². The monoisotopic (exact) mass is 480 g/mol. The number of carbonyl (C=O) groups is 1. The summed E-state index contributed by atoms with van der Waals surface area (Å²) in [6.07, 6.45) is 4.88. The van der Waals surface area contributed by atoms with Gasteiger partial charge in [-0.2, -0.15) is 5.10 Å². The Balaban J connectivity index is 1.23. The summed E-state index contributed by atoms with van der Waals surface area (Å²) >= 11 is 0. The lowest BCUT2D eigenvalue weighted by Crippen LogP contribution is -2.44. The molecule has 3 aromatic heterocycles. The molecule has 1 aliphatic heterocycles. The van der Waals surface area contributed by atoms with Gasteiger partial charge in [-0.3, -0.25) is 9.89 Å². The number of benzene rings is 2. The first-order valence-electron chi connectivity index (χ1n) is 11.8. The maximum Gasteiger partial charge on any atom is 0.246 e. The van der Waals surface area contributed by atoms with Gasteiger partial charge < -0.3 is 19.4 Å². The summed E-state index contributed by atoms with van der Waals surface area (Å²) in [5, 5.41) is 11.6. The molecular formula is C27H24N6O3. The van der Waals surface area contributed by atoms with Crippen LogP contribution in [0.4, 0.5) is 5.82 Å². The summed E-state index contributed by atoms with van der Waals surface area (Å²) < 4.78 is 12.1. The van der Waals surface area contributed by atoms with Crippen LogP contribution < -0.4 is 10.1 Å². The third kappa shape index (κ3) is 4.15. The summed E-state index contributed by atoms with van der Waals surface area (Å²) in [5.41, 5.74) is 3.05. The van der Waals surface area contributed by atoms with Crippen molar-refractivity contribution in [3.8, 4) is 23.0 Å². The van der Waals surface area contributed by atoms with E-state index in [1.165, 1.54) is 6.08 Å². The zero-order valence-electron chi connectivity index (χ0n) is 19.5. The van der Waals surface area contributed by atoms with Gasteiger partial charge in [-0.05, 0) is 55.3 Å². The fourth-order valence-electron chi connectivity index (χ4n) is 4.52. The van der Waals surface area contributed by atoms with Crippen molar-refractivity contribution in [3.63, 3.8) is 0 Å². The van der Waals surface area contributed by atoms with Crippen LogP contribution in [0.2, 0.25) is 0 Å². The molecule has 1 atom stereocenters. The van der Waals surface area contributed by atoms with Gasteiger partial charge in [0, 0.05) is 37.0 Å². The van der Waals surface area contributed by atoms with Crippen molar-refractivity contribution < 1.29 is 13.9 Å². The number of anilines is 1. The smallest absolute Gasteiger partial charge is 0.246 e. The fourth-order valence-corrected chi connectivity index (χ4v) is 4.52. The quantitative estimate of drug-likeness (QED) is 0.324. The minimum Gasteiger partial charge on any atom is -0.456 e. The minimum atomic E-state index is -0.0552. The highest BCUT2D eigenvalue weighted by molar-refractivity contribution is 5.93. The normalized spacial score (nSPS) is 15.8. The summed E-state index contributed by atoms with van der Waals surface area (Å²) in [5.74, 6) is 2.44. The number of ether oxygens (including phenoxy) is 1. The second-order valence-electron chi connectivity index (χ2n) is 8.69.